The molecule has 5 nitrogen and oxygen atoms in total. The molecule has 1 saturated heterocycles. The maximum Gasteiger partial charge on any atom is 0.222 e. The Labute approximate surface area is 190 Å². The van der Waals surface area contributed by atoms with Gasteiger partial charge in [-0.25, -0.2) is 4.99 Å². The average molecular weight is 506 g/mol. The molecule has 2 aromatic carbocycles. The first-order chi connectivity index (χ1) is 13.5. The number of nitrogens with zero attached hydrogens (tertiary/aromatic N) is 2. The molecular weight excluding hydrogens is 475 g/mol. The number of aliphatic imine (C=N–C) groups is 1. The molecule has 156 valence electrons. The maximum absolute atomic E-state index is 11.8. The van der Waals surface area contributed by atoms with Crippen LogP contribution in [-0.4, -0.2) is 23.3 Å². The van der Waals surface area contributed by atoms with Crippen molar-refractivity contribution in [1.82, 2.24) is 4.90 Å². The minimum atomic E-state index is 0. The fourth-order valence-electron chi connectivity index (χ4n) is 3.41. The number of likely N-dealkylation sites (tertiary alicyclic amines) is 1. The Morgan fingerprint density at radius 2 is 1.93 bits per heavy atom. The van der Waals surface area contributed by atoms with Crippen LogP contribution < -0.4 is 11.1 Å². The molecular formula is C23H31IN4O. The average Bonchev–Trinajstić information content (AvgIpc) is 3.11. The smallest absolute Gasteiger partial charge is 0.222 e. The van der Waals surface area contributed by atoms with Crippen LogP contribution in [-0.2, 0) is 17.9 Å². The molecule has 0 saturated carbocycles. The van der Waals surface area contributed by atoms with Crippen LogP contribution in [0.25, 0.3) is 0 Å². The molecule has 1 unspecified atom stereocenters. The SMILES string of the molecule is CCC(C)c1ccc(NC(N)=NCc2cccc(CN3CCCC3=O)c2)cc1.I. The highest BCUT2D eigenvalue weighted by atomic mass is 127. The van der Waals surface area contributed by atoms with Crippen LogP contribution in [0.2, 0.25) is 0 Å². The lowest BCUT2D eigenvalue weighted by atomic mass is 9.99. The summed E-state index contributed by atoms with van der Waals surface area (Å²) in [5, 5.41) is 3.15. The van der Waals surface area contributed by atoms with E-state index < -0.39 is 0 Å². The summed E-state index contributed by atoms with van der Waals surface area (Å²) in [7, 11) is 0. The van der Waals surface area contributed by atoms with Crippen LogP contribution in [0.5, 0.6) is 0 Å². The molecule has 3 rings (SSSR count). The van der Waals surface area contributed by atoms with Gasteiger partial charge in [0.2, 0.25) is 5.91 Å². The lowest BCUT2D eigenvalue weighted by Gasteiger charge is -2.15. The van der Waals surface area contributed by atoms with Gasteiger partial charge in [-0.3, -0.25) is 4.79 Å². The summed E-state index contributed by atoms with van der Waals surface area (Å²) in [6.45, 7) is 6.46. The monoisotopic (exact) mass is 506 g/mol. The van der Waals surface area contributed by atoms with Gasteiger partial charge in [0.15, 0.2) is 5.96 Å². The maximum atomic E-state index is 11.8. The number of hydrogen-bond acceptors (Lipinski definition) is 2. The van der Waals surface area contributed by atoms with Gasteiger partial charge < -0.3 is 16.0 Å². The molecule has 3 N–H and O–H groups in total. The first-order valence-corrected chi connectivity index (χ1v) is 10.1. The van der Waals surface area contributed by atoms with Gasteiger partial charge in [-0.2, -0.15) is 0 Å². The summed E-state index contributed by atoms with van der Waals surface area (Å²) in [6, 6.07) is 16.5. The minimum Gasteiger partial charge on any atom is -0.370 e. The number of nitrogens with one attached hydrogen (secondary N) is 1. The topological polar surface area (TPSA) is 70.7 Å². The Balaban J connectivity index is 0.00000300. The number of carbonyl (C=O) groups excluding carboxylic acids is 1. The molecule has 1 aliphatic heterocycles. The van der Waals surface area contributed by atoms with E-state index in [1.807, 2.05) is 29.2 Å². The van der Waals surface area contributed by atoms with Crippen LogP contribution in [0.3, 0.4) is 0 Å². The second-order valence-corrected chi connectivity index (χ2v) is 7.50. The van der Waals surface area contributed by atoms with E-state index in [1.165, 1.54) is 5.56 Å². The first-order valence-electron chi connectivity index (χ1n) is 10.1. The van der Waals surface area contributed by atoms with Crippen LogP contribution >= 0.6 is 24.0 Å². The highest BCUT2D eigenvalue weighted by Gasteiger charge is 2.19. The Kier molecular flexibility index (Phi) is 8.95. The quantitative estimate of drug-likeness (QED) is 0.320. The molecule has 2 aromatic rings. The zero-order valence-corrected chi connectivity index (χ0v) is 19.6. The van der Waals surface area contributed by atoms with Crippen LogP contribution in [0.4, 0.5) is 5.69 Å². The van der Waals surface area contributed by atoms with Gasteiger partial charge in [-0.15, -0.1) is 24.0 Å². The van der Waals surface area contributed by atoms with Crippen LogP contribution in [0.1, 0.15) is 55.7 Å². The Morgan fingerprint density at radius 1 is 1.21 bits per heavy atom. The van der Waals surface area contributed by atoms with E-state index in [0.29, 0.717) is 31.4 Å². The highest BCUT2D eigenvalue weighted by Crippen LogP contribution is 2.20. The number of hydrogen-bond donors (Lipinski definition) is 2. The van der Waals surface area contributed by atoms with Crippen molar-refractivity contribution in [2.24, 2.45) is 10.7 Å². The van der Waals surface area contributed by atoms with Crippen molar-refractivity contribution in [3.05, 3.63) is 65.2 Å². The summed E-state index contributed by atoms with van der Waals surface area (Å²) in [5.41, 5.74) is 10.5. The fraction of sp³-hybridized carbons (Fsp3) is 0.391. The lowest BCUT2D eigenvalue weighted by Crippen LogP contribution is -2.24. The molecule has 1 aliphatic rings. The Morgan fingerprint density at radius 3 is 2.59 bits per heavy atom. The molecule has 0 bridgehead atoms. The Hall–Kier alpha value is -2.09. The lowest BCUT2D eigenvalue weighted by molar-refractivity contribution is -0.128. The summed E-state index contributed by atoms with van der Waals surface area (Å²) in [6.07, 6.45) is 2.76. The van der Waals surface area contributed by atoms with Gasteiger partial charge >= 0.3 is 0 Å². The summed E-state index contributed by atoms with van der Waals surface area (Å²) in [4.78, 5) is 18.2. The third-order valence-corrected chi connectivity index (χ3v) is 5.33. The van der Waals surface area contributed by atoms with E-state index in [1.54, 1.807) is 0 Å². The minimum absolute atomic E-state index is 0. The van der Waals surface area contributed by atoms with Gasteiger partial charge in [0.05, 0.1) is 6.54 Å². The van der Waals surface area contributed by atoms with Crippen molar-refractivity contribution < 1.29 is 4.79 Å². The van der Waals surface area contributed by atoms with E-state index in [4.69, 9.17) is 5.73 Å². The van der Waals surface area contributed by atoms with Crippen molar-refractivity contribution in [3.63, 3.8) is 0 Å². The molecule has 0 aliphatic carbocycles. The Bertz CT molecular complexity index is 835. The molecule has 0 aromatic heterocycles. The van der Waals surface area contributed by atoms with E-state index in [2.05, 4.69) is 48.4 Å². The van der Waals surface area contributed by atoms with Gasteiger partial charge in [0.1, 0.15) is 0 Å². The summed E-state index contributed by atoms with van der Waals surface area (Å²) in [5.74, 6) is 1.20. The third-order valence-electron chi connectivity index (χ3n) is 5.33. The van der Waals surface area contributed by atoms with Crippen LogP contribution in [0, 0.1) is 0 Å². The predicted octanol–water partition coefficient (Wildman–Crippen LogP) is 4.87. The second kappa shape index (κ2) is 11.2. The van der Waals surface area contributed by atoms with Crippen molar-refractivity contribution in [2.45, 2.75) is 52.1 Å². The number of nitrogens with two attached hydrogens (primary N) is 1. The normalized spacial score (nSPS) is 15.2. The van der Waals surface area contributed by atoms with E-state index in [0.717, 1.165) is 36.2 Å². The summed E-state index contributed by atoms with van der Waals surface area (Å²) >= 11 is 0. The predicted molar refractivity (Wildman–Crippen MR) is 131 cm³/mol. The molecule has 1 amide bonds. The molecule has 1 fully saturated rings. The van der Waals surface area contributed by atoms with Crippen molar-refractivity contribution in [1.29, 1.82) is 0 Å². The first kappa shape index (κ1) is 23.2. The molecule has 1 atom stereocenters. The number of carbonyl (C=O) groups is 1. The van der Waals surface area contributed by atoms with Crippen LogP contribution in [0.15, 0.2) is 53.5 Å². The molecule has 29 heavy (non-hydrogen) atoms. The fourth-order valence-corrected chi connectivity index (χ4v) is 3.41. The van der Waals surface area contributed by atoms with E-state index in [9.17, 15) is 4.79 Å². The van der Waals surface area contributed by atoms with Gasteiger partial charge in [0.25, 0.3) is 0 Å². The van der Waals surface area contributed by atoms with Gasteiger partial charge in [-0.1, -0.05) is 50.2 Å². The summed E-state index contributed by atoms with van der Waals surface area (Å²) < 4.78 is 0. The number of guanidine groups is 1. The number of benzene rings is 2. The highest BCUT2D eigenvalue weighted by molar-refractivity contribution is 14.0. The van der Waals surface area contributed by atoms with E-state index in [-0.39, 0.29) is 29.9 Å². The van der Waals surface area contributed by atoms with Crippen molar-refractivity contribution in [2.75, 3.05) is 11.9 Å². The zero-order chi connectivity index (χ0) is 19.9. The number of rotatable bonds is 7. The zero-order valence-electron chi connectivity index (χ0n) is 17.2. The largest absolute Gasteiger partial charge is 0.370 e. The third kappa shape index (κ3) is 6.73. The van der Waals surface area contributed by atoms with E-state index >= 15 is 0 Å². The van der Waals surface area contributed by atoms with Crippen molar-refractivity contribution in [3.8, 4) is 0 Å². The number of halogens is 1. The molecule has 0 radical (unpaired) electrons. The number of anilines is 1. The number of amides is 1. The molecule has 1 heterocycles. The van der Waals surface area contributed by atoms with Crippen molar-refractivity contribution >= 4 is 41.5 Å². The molecule has 0 spiro atoms. The van der Waals surface area contributed by atoms with Gasteiger partial charge in [-0.05, 0) is 47.6 Å². The second-order valence-electron chi connectivity index (χ2n) is 7.50. The molecule has 6 heteroatoms. The van der Waals surface area contributed by atoms with Gasteiger partial charge in [0, 0.05) is 25.2 Å². The standard InChI is InChI=1S/C23H30N4O.HI/c1-3-17(2)20-9-11-21(12-10-20)26-23(24)25-15-18-6-4-7-19(14-18)16-27-13-5-8-22(27)28;/h4,6-7,9-12,14,17H,3,5,8,13,15-16H2,1-2H3,(H3,24,25,26);1H.